The first-order valence-electron chi connectivity index (χ1n) is 4.12. The molecule has 0 spiro atoms. The van der Waals surface area contributed by atoms with Crippen molar-refractivity contribution in [3.63, 3.8) is 0 Å². The number of rotatable bonds is 5. The van der Waals surface area contributed by atoms with Crippen LogP contribution in [-0.4, -0.2) is 44.2 Å². The summed E-state index contributed by atoms with van der Waals surface area (Å²) in [4.78, 5) is 12.8. The van der Waals surface area contributed by atoms with E-state index in [9.17, 15) is 4.79 Å². The first-order valence-corrected chi connectivity index (χ1v) is 4.12. The van der Waals surface area contributed by atoms with E-state index in [2.05, 4.69) is 4.74 Å². The lowest BCUT2D eigenvalue weighted by Gasteiger charge is -2.24. The third-order valence-electron chi connectivity index (χ3n) is 1.97. The van der Waals surface area contributed by atoms with E-state index >= 15 is 0 Å². The number of carbonyl (C=O) groups excluding carboxylic acids is 1. The summed E-state index contributed by atoms with van der Waals surface area (Å²) in [5, 5.41) is 0. The molecule has 2 N–H and O–H groups in total. The minimum absolute atomic E-state index is 0.218. The van der Waals surface area contributed by atoms with E-state index in [1.54, 1.807) is 0 Å². The zero-order valence-electron chi connectivity index (χ0n) is 8.04. The smallest absolute Gasteiger partial charge is 0.319 e. The highest BCUT2D eigenvalue weighted by Crippen LogP contribution is 1.98. The standard InChI is InChI=1S/C8H18N2O2/c1-4-7(5-9)10(2)6-8(11)12-3/h7H,4-6,9H2,1-3H3. The Kier molecular flexibility index (Phi) is 5.66. The van der Waals surface area contributed by atoms with Crippen LogP contribution in [0.25, 0.3) is 0 Å². The van der Waals surface area contributed by atoms with Gasteiger partial charge in [-0.15, -0.1) is 0 Å². The van der Waals surface area contributed by atoms with Gasteiger partial charge in [0.1, 0.15) is 0 Å². The Labute approximate surface area is 73.7 Å². The molecule has 72 valence electrons. The normalized spacial score (nSPS) is 13.1. The summed E-state index contributed by atoms with van der Waals surface area (Å²) in [6, 6.07) is 0.268. The molecule has 0 aliphatic heterocycles. The molecular formula is C8H18N2O2. The summed E-state index contributed by atoms with van der Waals surface area (Å²) in [6.07, 6.45) is 0.948. The van der Waals surface area contributed by atoms with Crippen molar-refractivity contribution in [2.45, 2.75) is 19.4 Å². The van der Waals surface area contributed by atoms with Crippen molar-refractivity contribution in [3.05, 3.63) is 0 Å². The molecule has 4 nitrogen and oxygen atoms in total. The Balaban J connectivity index is 3.83. The molecule has 1 unspecified atom stereocenters. The number of hydrogen-bond donors (Lipinski definition) is 1. The van der Waals surface area contributed by atoms with Crippen LogP contribution in [0.15, 0.2) is 0 Å². The van der Waals surface area contributed by atoms with E-state index in [0.29, 0.717) is 13.1 Å². The van der Waals surface area contributed by atoms with Crippen LogP contribution in [0, 0.1) is 0 Å². The van der Waals surface area contributed by atoms with Crippen molar-refractivity contribution in [3.8, 4) is 0 Å². The predicted octanol–water partition coefficient (Wildman–Crippen LogP) is -0.171. The first kappa shape index (κ1) is 11.4. The van der Waals surface area contributed by atoms with Gasteiger partial charge in [0.2, 0.25) is 0 Å². The average Bonchev–Trinajstić information content (AvgIpc) is 2.06. The third-order valence-corrected chi connectivity index (χ3v) is 1.97. The summed E-state index contributed by atoms with van der Waals surface area (Å²) in [7, 11) is 3.26. The lowest BCUT2D eigenvalue weighted by molar-refractivity contribution is -0.142. The molecule has 0 radical (unpaired) electrons. The van der Waals surface area contributed by atoms with Crippen molar-refractivity contribution in [2.24, 2.45) is 5.73 Å². The van der Waals surface area contributed by atoms with E-state index in [4.69, 9.17) is 5.73 Å². The predicted molar refractivity (Wildman–Crippen MR) is 47.8 cm³/mol. The molecular weight excluding hydrogens is 156 g/mol. The fourth-order valence-electron chi connectivity index (χ4n) is 1.06. The van der Waals surface area contributed by atoms with Gasteiger partial charge in [0, 0.05) is 12.6 Å². The maximum atomic E-state index is 10.9. The molecule has 4 heteroatoms. The first-order chi connectivity index (χ1) is 5.65. The number of hydrogen-bond acceptors (Lipinski definition) is 4. The van der Waals surface area contributed by atoms with Gasteiger partial charge in [0.25, 0.3) is 0 Å². The lowest BCUT2D eigenvalue weighted by Crippen LogP contribution is -2.40. The molecule has 0 aromatic carbocycles. The second-order valence-corrected chi connectivity index (χ2v) is 2.79. The number of methoxy groups -OCH3 is 1. The van der Waals surface area contributed by atoms with Crippen LogP contribution in [0.5, 0.6) is 0 Å². The minimum Gasteiger partial charge on any atom is -0.468 e. The van der Waals surface area contributed by atoms with Gasteiger partial charge < -0.3 is 10.5 Å². The zero-order valence-corrected chi connectivity index (χ0v) is 8.04. The van der Waals surface area contributed by atoms with Crippen LogP contribution in [0.2, 0.25) is 0 Å². The molecule has 0 bridgehead atoms. The molecule has 0 aromatic rings. The van der Waals surface area contributed by atoms with Crippen LogP contribution in [0.4, 0.5) is 0 Å². The van der Waals surface area contributed by atoms with Crippen molar-refractivity contribution in [2.75, 3.05) is 27.2 Å². The van der Waals surface area contributed by atoms with Gasteiger partial charge in [0.15, 0.2) is 0 Å². The molecule has 0 aliphatic rings. The van der Waals surface area contributed by atoms with Gasteiger partial charge in [-0.1, -0.05) is 6.92 Å². The molecule has 0 amide bonds. The summed E-state index contributed by atoms with van der Waals surface area (Å²) in [5.41, 5.74) is 5.51. The Morgan fingerprint density at radius 1 is 1.67 bits per heavy atom. The largest absolute Gasteiger partial charge is 0.468 e. The van der Waals surface area contributed by atoms with E-state index in [0.717, 1.165) is 6.42 Å². The average molecular weight is 174 g/mol. The number of nitrogens with two attached hydrogens (primary N) is 1. The Bertz CT molecular complexity index is 135. The number of likely N-dealkylation sites (N-methyl/N-ethyl adjacent to an activating group) is 1. The van der Waals surface area contributed by atoms with E-state index in [1.807, 2.05) is 18.9 Å². The molecule has 0 fully saturated rings. The third kappa shape index (κ3) is 3.69. The Morgan fingerprint density at radius 2 is 2.25 bits per heavy atom. The van der Waals surface area contributed by atoms with E-state index in [-0.39, 0.29) is 12.0 Å². The highest BCUT2D eigenvalue weighted by atomic mass is 16.5. The van der Waals surface area contributed by atoms with Crippen LogP contribution in [-0.2, 0) is 9.53 Å². The van der Waals surface area contributed by atoms with Crippen LogP contribution in [0.1, 0.15) is 13.3 Å². The van der Waals surface area contributed by atoms with Gasteiger partial charge in [-0.3, -0.25) is 9.69 Å². The summed E-state index contributed by atoms with van der Waals surface area (Å²) in [6.45, 7) is 2.93. The van der Waals surface area contributed by atoms with Crippen molar-refractivity contribution in [1.82, 2.24) is 4.90 Å². The molecule has 12 heavy (non-hydrogen) atoms. The topological polar surface area (TPSA) is 55.6 Å². The van der Waals surface area contributed by atoms with Gasteiger partial charge in [-0.25, -0.2) is 0 Å². The van der Waals surface area contributed by atoms with E-state index < -0.39 is 0 Å². The van der Waals surface area contributed by atoms with E-state index in [1.165, 1.54) is 7.11 Å². The minimum atomic E-state index is -0.218. The number of ether oxygens (including phenoxy) is 1. The van der Waals surface area contributed by atoms with Gasteiger partial charge in [-0.2, -0.15) is 0 Å². The molecule has 0 heterocycles. The van der Waals surface area contributed by atoms with Gasteiger partial charge in [-0.05, 0) is 13.5 Å². The van der Waals surface area contributed by atoms with Crippen molar-refractivity contribution in [1.29, 1.82) is 0 Å². The Hall–Kier alpha value is -0.610. The quantitative estimate of drug-likeness (QED) is 0.588. The molecule has 1 atom stereocenters. The molecule has 0 saturated heterocycles. The summed E-state index contributed by atoms with van der Waals surface area (Å²) >= 11 is 0. The summed E-state index contributed by atoms with van der Waals surface area (Å²) in [5.74, 6) is -0.218. The maximum absolute atomic E-state index is 10.9. The van der Waals surface area contributed by atoms with Crippen LogP contribution in [0.3, 0.4) is 0 Å². The monoisotopic (exact) mass is 174 g/mol. The fourth-order valence-corrected chi connectivity index (χ4v) is 1.06. The second kappa shape index (κ2) is 5.97. The van der Waals surface area contributed by atoms with Crippen molar-refractivity contribution >= 4 is 5.97 Å². The van der Waals surface area contributed by atoms with Gasteiger partial charge >= 0.3 is 5.97 Å². The SMILES string of the molecule is CCC(CN)N(C)CC(=O)OC. The lowest BCUT2D eigenvalue weighted by atomic mass is 10.2. The summed E-state index contributed by atoms with van der Waals surface area (Å²) < 4.78 is 4.54. The molecule has 0 aromatic heterocycles. The second-order valence-electron chi connectivity index (χ2n) is 2.79. The fraction of sp³-hybridized carbons (Fsp3) is 0.875. The van der Waals surface area contributed by atoms with Crippen molar-refractivity contribution < 1.29 is 9.53 Å². The van der Waals surface area contributed by atoms with Gasteiger partial charge in [0.05, 0.1) is 13.7 Å². The number of esters is 1. The van der Waals surface area contributed by atoms with Crippen LogP contribution >= 0.6 is 0 Å². The Morgan fingerprint density at radius 3 is 2.58 bits per heavy atom. The highest BCUT2D eigenvalue weighted by Gasteiger charge is 2.13. The highest BCUT2D eigenvalue weighted by molar-refractivity contribution is 5.71. The van der Waals surface area contributed by atoms with Crippen LogP contribution < -0.4 is 5.73 Å². The molecule has 0 aliphatic carbocycles. The maximum Gasteiger partial charge on any atom is 0.319 e. The number of nitrogens with zero attached hydrogens (tertiary/aromatic N) is 1. The number of carbonyl (C=O) groups is 1. The molecule has 0 rings (SSSR count). The zero-order chi connectivity index (χ0) is 9.56. The molecule has 0 saturated carbocycles.